The van der Waals surface area contributed by atoms with E-state index in [1.165, 1.54) is 21.1 Å². The highest BCUT2D eigenvalue weighted by atomic mass is 16.5. The lowest BCUT2D eigenvalue weighted by molar-refractivity contribution is -0.0280. The van der Waals surface area contributed by atoms with Crippen molar-refractivity contribution in [3.8, 4) is 34.5 Å². The van der Waals surface area contributed by atoms with Gasteiger partial charge >= 0.3 is 0 Å². The van der Waals surface area contributed by atoms with Crippen LogP contribution in [0.15, 0.2) is 145 Å². The van der Waals surface area contributed by atoms with Gasteiger partial charge < -0.3 is 88.5 Å². The molecule has 0 aromatic heterocycles. The molecule has 0 bridgehead atoms. The summed E-state index contributed by atoms with van der Waals surface area (Å²) in [6.07, 6.45) is 10.3. The Hall–Kier alpha value is -6.36. The Labute approximate surface area is 827 Å². The number of nitrogens with zero attached hydrogens (tertiary/aromatic N) is 6. The number of ether oxygens (including phenoxy) is 6. The molecule has 6 unspecified atom stereocenters. The SMILES string of the molecule is [2H]c1c([2H])c(C(C2(O)CCCCC2)C([2H])([2H])N(C([2H])([2H])[2H])C([2H])([2H])[2H])c([2H])c([2H])c1OC([2H])([2H])[2H].[2H]c1c([2H])c(C(C2(O)CCCCC2)C([2H])([2H])N(C)C([2H])([2H])[2H])c([2H])c([2H])c1OC([2H])([2H])[2H].[2H]c1c([2H])c(C([2H])(C2(O)CCCCC2)C([2H])([2H])N(C([2H])([2H])[2H])C([2H])([2H])[2H])c([2H])c([2H])c1OC([2H])([2H])[2H].[2H]c1c([2H])c(C([2H])(C2(O)CCCCC2)C([2H])([2H])N(C)C)c([2H])c([2H])c1OC([2H])([2H])[2H].[2H]c1c([2H])c(C([2H])(CN(C)C([2H])([2H])[2H])C2(O)CCCCC2)c([2H])c([2H])c1OC([2H])([2H])[2H].[2H]c1c([2H])c(C([2H])(CN(C)C)C2(O)CCCCC2)c([2H])c([2H])c1OC([2H])([2H])[2H]. The van der Waals surface area contributed by atoms with Crippen LogP contribution < -0.4 is 28.4 Å². The topological polar surface area (TPSA) is 196 Å². The predicted octanol–water partition coefficient (Wildman–Crippen LogP) is 18.2. The van der Waals surface area contributed by atoms with E-state index in [-0.39, 0.29) is 94.1 Å². The quantitative estimate of drug-likeness (QED) is 0.0249. The lowest BCUT2D eigenvalue weighted by Gasteiger charge is -2.40. The molecule has 6 aliphatic rings. The van der Waals surface area contributed by atoms with Crippen molar-refractivity contribution in [1.29, 1.82) is 0 Å². The van der Waals surface area contributed by atoms with E-state index in [4.69, 9.17) is 99.3 Å². The van der Waals surface area contributed by atoms with E-state index in [1.807, 2.05) is 0 Å². The van der Waals surface area contributed by atoms with E-state index in [0.717, 1.165) is 42.5 Å². The van der Waals surface area contributed by atoms with E-state index in [2.05, 4.69) is 23.7 Å². The van der Waals surface area contributed by atoms with Crippen LogP contribution in [0.2, 0.25) is 0 Å². The van der Waals surface area contributed by atoms with Crippen LogP contribution in [0.5, 0.6) is 34.5 Å². The van der Waals surface area contributed by atoms with Crippen molar-refractivity contribution >= 4 is 0 Å². The molecule has 0 aliphatic heterocycles. The molecule has 6 aromatic carbocycles. The zero-order valence-electron chi connectivity index (χ0n) is 141. The second-order valence-electron chi connectivity index (χ2n) is 30.9. The molecule has 6 fully saturated rings. The van der Waals surface area contributed by atoms with Crippen molar-refractivity contribution in [2.45, 2.75) is 262 Å². The minimum atomic E-state index is -3.83. The molecule has 6 atom stereocenters. The van der Waals surface area contributed by atoms with Crippen molar-refractivity contribution in [3.63, 3.8) is 0 Å². The highest BCUT2D eigenvalue weighted by Crippen LogP contribution is 2.47. The molecule has 18 heteroatoms. The van der Waals surface area contributed by atoms with Crippen LogP contribution in [-0.2, 0) is 0 Å². The first-order valence-electron chi connectivity index (χ1n) is 75.5. The molecule has 0 radical (unpaired) electrons. The van der Waals surface area contributed by atoms with Crippen LogP contribution in [0, 0.1) is 0 Å². The van der Waals surface area contributed by atoms with E-state index in [9.17, 15) is 34.8 Å². The van der Waals surface area contributed by atoms with Crippen molar-refractivity contribution in [2.75, 3.05) is 165 Å². The van der Waals surface area contributed by atoms with Crippen molar-refractivity contribution in [3.05, 3.63) is 178 Å². The zero-order chi connectivity index (χ0) is 149. The van der Waals surface area contributed by atoms with Gasteiger partial charge in [-0.2, -0.15) is 0 Å². The second-order valence-corrected chi connectivity index (χ2v) is 30.9. The minimum absolute atomic E-state index is 0.0143. The van der Waals surface area contributed by atoms with Gasteiger partial charge in [0.1, 0.15) is 34.5 Å². The summed E-state index contributed by atoms with van der Waals surface area (Å²) in [5.74, 6) is -19.1. The molecule has 0 saturated heterocycles. The maximum Gasteiger partial charge on any atom is 0.118 e. The number of hydrogen-bond donors (Lipinski definition) is 6. The highest BCUT2D eigenvalue weighted by Gasteiger charge is 2.45. The van der Waals surface area contributed by atoms with Gasteiger partial charge in [-0.05, 0) is 267 Å². The molecule has 120 heavy (non-hydrogen) atoms. The summed E-state index contributed by atoms with van der Waals surface area (Å²) < 4.78 is 600. The number of likely N-dealkylation sites (N-methyl/N-ethyl adjacent to an activating group) is 6. The summed E-state index contributed by atoms with van der Waals surface area (Å²) in [7, 11) is -10.0. The normalized spacial score (nSPS) is 31.4. The van der Waals surface area contributed by atoms with Crippen LogP contribution in [0.3, 0.4) is 0 Å². The van der Waals surface area contributed by atoms with E-state index in [0.29, 0.717) is 94.8 Å². The van der Waals surface area contributed by atoms with Gasteiger partial charge in [0.05, 0.1) is 133 Å². The monoisotopic (exact) mass is 1740 g/mol. The number of methoxy groups -OCH3 is 6. The third-order valence-corrected chi connectivity index (χ3v) is 21.2. The van der Waals surface area contributed by atoms with Gasteiger partial charge in [-0.15, -0.1) is 0 Å². The summed E-state index contributed by atoms with van der Waals surface area (Å²) in [6, 6.07) is -20.7. The summed E-state index contributed by atoms with van der Waals surface area (Å²) >= 11 is 0. The van der Waals surface area contributed by atoms with E-state index >= 15 is 0 Å². The van der Waals surface area contributed by atoms with Gasteiger partial charge in [-0.1, -0.05) is 188 Å². The molecule has 6 aliphatic carbocycles. The average Bonchev–Trinajstić information content (AvgIpc) is 0.686. The molecule has 0 heterocycles. The fourth-order valence-electron chi connectivity index (χ4n) is 15.3. The summed E-state index contributed by atoms with van der Waals surface area (Å²) in [5, 5.41) is 68.9. The third kappa shape index (κ3) is 31.1. The van der Waals surface area contributed by atoms with Crippen molar-refractivity contribution in [2.24, 2.45) is 0 Å². The highest BCUT2D eigenvalue weighted by molar-refractivity contribution is 5.37. The zero-order valence-corrected chi connectivity index (χ0v) is 68.6. The third-order valence-electron chi connectivity index (χ3n) is 21.2. The van der Waals surface area contributed by atoms with Gasteiger partial charge in [-0.3, -0.25) is 0 Å². The Bertz CT molecular complexity index is 7080. The first-order valence-corrected chi connectivity index (χ1v) is 39.5. The molecule has 6 aromatic rings. The van der Waals surface area contributed by atoms with E-state index < -0.39 is 398 Å². The van der Waals surface area contributed by atoms with Crippen molar-refractivity contribution < 1.29 is 158 Å². The van der Waals surface area contributed by atoms with Crippen LogP contribution in [0.25, 0.3) is 0 Å². The Morgan fingerprint density at radius 1 is 0.258 bits per heavy atom. The Morgan fingerprint density at radius 2 is 0.458 bits per heavy atom. The van der Waals surface area contributed by atoms with E-state index in [1.54, 1.807) is 19.0 Å². The summed E-state index contributed by atoms with van der Waals surface area (Å²) in [4.78, 5) is 3.06. The maximum absolute atomic E-state index is 11.6. The van der Waals surface area contributed by atoms with Gasteiger partial charge in [0.2, 0.25) is 0 Å². The van der Waals surface area contributed by atoms with Gasteiger partial charge in [0.15, 0.2) is 0 Å². The standard InChI is InChI=1S/6C17H27NO2/c6*1-18(2)13-16(17(19)11-5-4-6-12-17)14-7-9-15(20-3)10-8-14/h6*7-10,16,19H,4-6,11-13H2,1-3H3/i1D3,2D3,3D3,7D,8D,9D,10D,13D2,16D;1D3,2D3,3D3,7D,8D,9D,10D,13D2;3D3,7D,8D,9D,10D,13D2,16D;1D3,3D3,7D,8D,9D,10D,16D;1D3,3D3,7D,8D,9D,10D,13D2;3D3,7D,8D,9D,10D,16D. The minimum Gasteiger partial charge on any atom is -0.497 e. The number of hydrogen-bond acceptors (Lipinski definition) is 18. The smallest absolute Gasteiger partial charge is 0.118 e. The Morgan fingerprint density at radius 3 is 0.692 bits per heavy atom. The van der Waals surface area contributed by atoms with Crippen LogP contribution >= 0.6 is 0 Å². The molecular weight excluding hydrogens is 1500 g/mol. The van der Waals surface area contributed by atoms with Gasteiger partial charge in [0.25, 0.3) is 0 Å². The lowest BCUT2D eigenvalue weighted by Crippen LogP contribution is -2.42. The van der Waals surface area contributed by atoms with Crippen LogP contribution in [-0.4, -0.2) is 259 Å². The molecule has 672 valence electrons. The lowest BCUT2D eigenvalue weighted by atomic mass is 9.72. The second kappa shape index (κ2) is 50.0. The molecule has 0 spiro atoms. The molecule has 6 N–H and O–H groups in total. The summed E-state index contributed by atoms with van der Waals surface area (Å²) in [6.45, 7) is -33.3. The number of rotatable bonds is 30. The number of aliphatic hydroxyl groups is 6. The molecule has 0 amide bonds. The molecule has 18 nitrogen and oxygen atoms in total. The van der Waals surface area contributed by atoms with Gasteiger partial charge in [-0.25, -0.2) is 0 Å². The molecular formula is C102H162N6O12. The number of benzene rings is 6. The predicted molar refractivity (Wildman–Crippen MR) is 494 cm³/mol. The first-order chi connectivity index (χ1) is 86.0. The maximum atomic E-state index is 11.6. The summed E-state index contributed by atoms with van der Waals surface area (Å²) in [5.41, 5.74) is -15.6. The fourth-order valence-corrected chi connectivity index (χ4v) is 15.3. The Kier molecular flexibility index (Phi) is 16.3. The average molecular weight is 1740 g/mol. The van der Waals surface area contributed by atoms with Gasteiger partial charge in [0, 0.05) is 116 Å². The largest absolute Gasteiger partial charge is 0.497 e. The molecule has 12 rings (SSSR count). The fraction of sp³-hybridized carbons (Fsp3) is 0.647. The Balaban J connectivity index is 0.000000307. The first kappa shape index (κ1) is 39.3. The van der Waals surface area contributed by atoms with Crippen molar-refractivity contribution in [1.82, 2.24) is 29.4 Å². The van der Waals surface area contributed by atoms with Crippen LogP contribution in [0.4, 0.5) is 0 Å². The molecule has 6 saturated carbocycles. The van der Waals surface area contributed by atoms with Crippen LogP contribution in [0.1, 0.15) is 360 Å².